The molecule has 21 heavy (non-hydrogen) atoms. The molecule has 0 atom stereocenters. The standard InChI is InChI=1S/C11H14F3N3O3S/c12-11(13,14)6-1-7-21(19,20)17-9-4-2-8(3-5-9)10(15)16-18/h2-5,17-18H,1,6-7H2,(H2,15,16). The van der Waals surface area contributed by atoms with Crippen molar-refractivity contribution in [2.75, 3.05) is 10.5 Å². The van der Waals surface area contributed by atoms with Crippen molar-refractivity contribution in [1.29, 1.82) is 0 Å². The van der Waals surface area contributed by atoms with E-state index < -0.39 is 34.8 Å². The minimum absolute atomic E-state index is 0.144. The number of oxime groups is 1. The van der Waals surface area contributed by atoms with Crippen molar-refractivity contribution in [3.63, 3.8) is 0 Å². The highest BCUT2D eigenvalue weighted by molar-refractivity contribution is 7.92. The molecule has 10 heteroatoms. The van der Waals surface area contributed by atoms with E-state index in [1.54, 1.807) is 0 Å². The highest BCUT2D eigenvalue weighted by Crippen LogP contribution is 2.22. The highest BCUT2D eigenvalue weighted by Gasteiger charge is 2.27. The Hall–Kier alpha value is -1.97. The van der Waals surface area contributed by atoms with Gasteiger partial charge < -0.3 is 10.9 Å². The van der Waals surface area contributed by atoms with Crippen molar-refractivity contribution in [3.8, 4) is 0 Å². The maximum Gasteiger partial charge on any atom is 0.389 e. The van der Waals surface area contributed by atoms with Crippen LogP contribution in [0.1, 0.15) is 18.4 Å². The molecule has 118 valence electrons. The molecule has 0 saturated heterocycles. The van der Waals surface area contributed by atoms with E-state index in [-0.39, 0.29) is 11.5 Å². The summed E-state index contributed by atoms with van der Waals surface area (Å²) >= 11 is 0. The average Bonchev–Trinajstić information content (AvgIpc) is 2.36. The zero-order valence-corrected chi connectivity index (χ0v) is 11.6. The third-order valence-corrected chi connectivity index (χ3v) is 3.81. The molecule has 0 heterocycles. The smallest absolute Gasteiger partial charge is 0.389 e. The van der Waals surface area contributed by atoms with E-state index in [0.717, 1.165) is 0 Å². The fourth-order valence-electron chi connectivity index (χ4n) is 1.46. The Labute approximate surface area is 119 Å². The van der Waals surface area contributed by atoms with Crippen LogP contribution in [0.3, 0.4) is 0 Å². The first-order chi connectivity index (χ1) is 9.63. The number of nitrogens with two attached hydrogens (primary N) is 1. The Bertz CT molecular complexity index is 597. The summed E-state index contributed by atoms with van der Waals surface area (Å²) < 4.78 is 61.2. The van der Waals surface area contributed by atoms with Gasteiger partial charge in [0.05, 0.1) is 5.75 Å². The molecule has 0 aliphatic rings. The zero-order chi connectivity index (χ0) is 16.1. The van der Waals surface area contributed by atoms with Gasteiger partial charge in [-0.1, -0.05) is 5.16 Å². The molecule has 0 amide bonds. The van der Waals surface area contributed by atoms with Crippen molar-refractivity contribution >= 4 is 21.5 Å². The molecule has 0 fully saturated rings. The Morgan fingerprint density at radius 2 is 1.86 bits per heavy atom. The molecule has 0 aliphatic carbocycles. The summed E-state index contributed by atoms with van der Waals surface area (Å²) in [6.07, 6.45) is -6.05. The number of nitrogens with zero attached hydrogens (tertiary/aromatic N) is 1. The van der Waals surface area contributed by atoms with Crippen LogP contribution in [0.15, 0.2) is 29.4 Å². The molecule has 6 nitrogen and oxygen atoms in total. The van der Waals surface area contributed by atoms with E-state index in [1.807, 2.05) is 0 Å². The van der Waals surface area contributed by atoms with Crippen LogP contribution in [0, 0.1) is 0 Å². The summed E-state index contributed by atoms with van der Waals surface area (Å²) in [5.41, 5.74) is 5.88. The largest absolute Gasteiger partial charge is 0.409 e. The minimum atomic E-state index is -4.38. The lowest BCUT2D eigenvalue weighted by Gasteiger charge is -2.09. The lowest BCUT2D eigenvalue weighted by molar-refractivity contribution is -0.134. The topological polar surface area (TPSA) is 105 Å². The molecular formula is C11H14F3N3O3S. The van der Waals surface area contributed by atoms with Gasteiger partial charge in [-0.3, -0.25) is 4.72 Å². The maximum absolute atomic E-state index is 12.0. The maximum atomic E-state index is 12.0. The number of halogens is 3. The van der Waals surface area contributed by atoms with Crippen LogP contribution in [-0.4, -0.2) is 31.4 Å². The van der Waals surface area contributed by atoms with E-state index in [2.05, 4.69) is 9.88 Å². The Morgan fingerprint density at radius 1 is 1.29 bits per heavy atom. The molecule has 1 rings (SSSR count). The van der Waals surface area contributed by atoms with Crippen LogP contribution in [0.4, 0.5) is 18.9 Å². The van der Waals surface area contributed by atoms with E-state index in [1.165, 1.54) is 24.3 Å². The van der Waals surface area contributed by atoms with Gasteiger partial charge in [-0.15, -0.1) is 0 Å². The number of alkyl halides is 3. The summed E-state index contributed by atoms with van der Waals surface area (Å²) in [4.78, 5) is 0. The van der Waals surface area contributed by atoms with Crippen LogP contribution in [0.25, 0.3) is 0 Å². The second-order valence-electron chi connectivity index (χ2n) is 4.20. The summed E-state index contributed by atoms with van der Waals surface area (Å²) in [6.45, 7) is 0. The van der Waals surface area contributed by atoms with Gasteiger partial charge in [-0.2, -0.15) is 13.2 Å². The first-order valence-electron chi connectivity index (χ1n) is 5.78. The number of rotatable bonds is 6. The molecule has 1 aromatic carbocycles. The minimum Gasteiger partial charge on any atom is -0.409 e. The van der Waals surface area contributed by atoms with Crippen molar-refractivity contribution in [1.82, 2.24) is 0 Å². The van der Waals surface area contributed by atoms with Crippen LogP contribution >= 0.6 is 0 Å². The summed E-state index contributed by atoms with van der Waals surface area (Å²) in [5.74, 6) is -0.774. The van der Waals surface area contributed by atoms with Gasteiger partial charge in [0.2, 0.25) is 10.0 Å². The van der Waals surface area contributed by atoms with Crippen molar-refractivity contribution in [2.24, 2.45) is 10.9 Å². The highest BCUT2D eigenvalue weighted by atomic mass is 32.2. The first kappa shape index (κ1) is 17.1. The molecule has 0 spiro atoms. The predicted molar refractivity (Wildman–Crippen MR) is 71.7 cm³/mol. The molecule has 1 aromatic rings. The van der Waals surface area contributed by atoms with Crippen LogP contribution in [0.2, 0.25) is 0 Å². The number of sulfonamides is 1. The second kappa shape index (κ2) is 6.66. The quantitative estimate of drug-likeness (QED) is 0.321. The first-order valence-corrected chi connectivity index (χ1v) is 7.43. The van der Waals surface area contributed by atoms with E-state index >= 15 is 0 Å². The van der Waals surface area contributed by atoms with Gasteiger partial charge in [-0.05, 0) is 30.7 Å². The molecule has 0 radical (unpaired) electrons. The zero-order valence-electron chi connectivity index (χ0n) is 10.8. The molecule has 0 saturated carbocycles. The van der Waals surface area contributed by atoms with Crippen LogP contribution < -0.4 is 10.5 Å². The van der Waals surface area contributed by atoms with Crippen LogP contribution in [0.5, 0.6) is 0 Å². The lowest BCUT2D eigenvalue weighted by atomic mass is 10.2. The van der Waals surface area contributed by atoms with E-state index in [0.29, 0.717) is 5.56 Å². The summed E-state index contributed by atoms with van der Waals surface area (Å²) in [7, 11) is -3.86. The van der Waals surface area contributed by atoms with E-state index in [9.17, 15) is 21.6 Å². The molecule has 4 N–H and O–H groups in total. The normalized spacial score (nSPS) is 13.2. The van der Waals surface area contributed by atoms with Gasteiger partial charge in [0.1, 0.15) is 0 Å². The predicted octanol–water partition coefficient (Wildman–Crippen LogP) is 1.87. The van der Waals surface area contributed by atoms with Gasteiger partial charge in [0.15, 0.2) is 5.84 Å². The number of hydrogen-bond acceptors (Lipinski definition) is 4. The SMILES string of the molecule is N/C(=N/O)c1ccc(NS(=O)(=O)CCCC(F)(F)F)cc1. The molecule has 0 aromatic heterocycles. The summed E-state index contributed by atoms with van der Waals surface area (Å²) in [6, 6.07) is 5.52. The third kappa shape index (κ3) is 6.34. The number of benzene rings is 1. The fourth-order valence-corrected chi connectivity index (χ4v) is 2.58. The van der Waals surface area contributed by atoms with Gasteiger partial charge in [-0.25, -0.2) is 8.42 Å². The number of hydrogen-bond donors (Lipinski definition) is 3. The second-order valence-corrected chi connectivity index (χ2v) is 6.04. The molecule has 0 bridgehead atoms. The van der Waals surface area contributed by atoms with Crippen LogP contribution in [-0.2, 0) is 10.0 Å². The Balaban J connectivity index is 2.63. The molecule has 0 aliphatic heterocycles. The Kier molecular flexibility index (Phi) is 5.41. The van der Waals surface area contributed by atoms with Gasteiger partial charge >= 0.3 is 6.18 Å². The van der Waals surface area contributed by atoms with Crippen molar-refractivity contribution < 1.29 is 26.8 Å². The fraction of sp³-hybridized carbons (Fsp3) is 0.364. The molecule has 0 unspecified atom stereocenters. The van der Waals surface area contributed by atoms with Gasteiger partial charge in [0.25, 0.3) is 0 Å². The average molecular weight is 325 g/mol. The lowest BCUT2D eigenvalue weighted by Crippen LogP contribution is -2.19. The van der Waals surface area contributed by atoms with E-state index in [4.69, 9.17) is 10.9 Å². The summed E-state index contributed by atoms with van der Waals surface area (Å²) in [5, 5.41) is 11.2. The Morgan fingerprint density at radius 3 is 2.33 bits per heavy atom. The number of anilines is 1. The number of amidine groups is 1. The van der Waals surface area contributed by atoms with Crippen molar-refractivity contribution in [2.45, 2.75) is 19.0 Å². The monoisotopic (exact) mass is 325 g/mol. The number of nitrogens with one attached hydrogen (secondary N) is 1. The molecular weight excluding hydrogens is 311 g/mol. The van der Waals surface area contributed by atoms with Crippen molar-refractivity contribution in [3.05, 3.63) is 29.8 Å². The third-order valence-electron chi connectivity index (χ3n) is 2.44. The van der Waals surface area contributed by atoms with Gasteiger partial charge in [0, 0.05) is 17.7 Å².